The van der Waals surface area contributed by atoms with Gasteiger partial charge in [0, 0.05) is 86.3 Å². The zero-order valence-corrected chi connectivity index (χ0v) is 55.0. The lowest BCUT2D eigenvalue weighted by atomic mass is 9.74. The van der Waals surface area contributed by atoms with E-state index in [0.717, 1.165) is 6.92 Å². The molecule has 76 heavy (non-hydrogen) atoms. The van der Waals surface area contributed by atoms with Gasteiger partial charge in [0.2, 0.25) is 4.86 Å². The summed E-state index contributed by atoms with van der Waals surface area (Å²) in [5.41, 5.74) is -4.32. The molecule has 0 saturated heterocycles. The van der Waals surface area contributed by atoms with E-state index in [2.05, 4.69) is 0 Å². The first-order valence-corrected chi connectivity index (χ1v) is 37.4. The molecule has 433 valence electrons. The Bertz CT molecular complexity index is 2080. The number of carboxylic acids is 6. The van der Waals surface area contributed by atoms with E-state index < -0.39 is 137 Å². The Balaban J connectivity index is 4.47. The molecule has 0 bridgehead atoms. The van der Waals surface area contributed by atoms with E-state index in [1.807, 2.05) is 22.4 Å². The van der Waals surface area contributed by atoms with Crippen LogP contribution in [-0.4, -0.2) is 166 Å². The smallest absolute Gasteiger partial charge is 0.494 e. The fourth-order valence-corrected chi connectivity index (χ4v) is 28.6. The van der Waals surface area contributed by atoms with Crippen LogP contribution in [0.2, 0.25) is 23.2 Å². The van der Waals surface area contributed by atoms with Crippen molar-refractivity contribution in [3.63, 3.8) is 0 Å². The molecule has 0 aliphatic heterocycles. The molecular formula is C45H80B2I2NO21P2Si3. The third kappa shape index (κ3) is 16.8. The van der Waals surface area contributed by atoms with E-state index in [1.54, 1.807) is 82.3 Å². The van der Waals surface area contributed by atoms with E-state index in [9.17, 15) is 69.6 Å². The van der Waals surface area contributed by atoms with Crippen molar-refractivity contribution < 1.29 is 100 Å². The molecule has 1 aromatic heterocycles. The molecule has 0 spiro atoms. The number of hydrogen-bond acceptors (Lipinski definition) is 15. The highest BCUT2D eigenvalue weighted by atomic mass is 127. The molecule has 0 aliphatic carbocycles. The second kappa shape index (κ2) is 32.2. The van der Waals surface area contributed by atoms with Gasteiger partial charge in [0.05, 0.1) is 35.5 Å². The maximum absolute atomic E-state index is 14.1. The summed E-state index contributed by atoms with van der Waals surface area (Å²) >= 11 is 3.74. The van der Waals surface area contributed by atoms with Gasteiger partial charge in [-0.1, -0.05) is 81.9 Å². The van der Waals surface area contributed by atoms with Gasteiger partial charge >= 0.3 is 62.0 Å². The van der Waals surface area contributed by atoms with E-state index in [0.29, 0.717) is 12.5 Å². The molecule has 1 heterocycles. The number of nitrogens with zero attached hydrogens (tertiary/aromatic N) is 1. The van der Waals surface area contributed by atoms with Crippen LogP contribution in [0.5, 0.6) is 11.8 Å². The molecule has 13 atom stereocenters. The van der Waals surface area contributed by atoms with Crippen LogP contribution in [0.1, 0.15) is 112 Å². The fraction of sp³-hybridized carbons (Fsp3) is 0.778. The van der Waals surface area contributed by atoms with Crippen LogP contribution >= 0.6 is 58.3 Å². The molecule has 1 rings (SSSR count). The Morgan fingerprint density at radius 1 is 0.724 bits per heavy atom. The van der Waals surface area contributed by atoms with Crippen molar-refractivity contribution in [3.8, 4) is 11.8 Å². The Hall–Kier alpha value is -1.48. The second-order valence-electron chi connectivity index (χ2n) is 19.0. The predicted molar refractivity (Wildman–Crippen MR) is 312 cm³/mol. The van der Waals surface area contributed by atoms with Crippen LogP contribution < -0.4 is 0 Å². The highest BCUT2D eigenvalue weighted by molar-refractivity contribution is 14.2. The highest BCUT2D eigenvalue weighted by Crippen LogP contribution is 2.62. The minimum Gasteiger partial charge on any atom is -0.494 e. The largest absolute Gasteiger partial charge is 0.500 e. The number of carboxylic acid groups (broad SMARTS) is 6. The van der Waals surface area contributed by atoms with Gasteiger partial charge in [-0.15, -0.1) is 8.46 Å². The van der Waals surface area contributed by atoms with Crippen molar-refractivity contribution in [1.29, 1.82) is 0 Å². The lowest BCUT2D eigenvalue weighted by Gasteiger charge is -2.49. The van der Waals surface area contributed by atoms with Gasteiger partial charge in [0.15, 0.2) is 11.8 Å². The first-order chi connectivity index (χ1) is 35.4. The van der Waals surface area contributed by atoms with Crippen molar-refractivity contribution in [2.75, 3.05) is 41.2 Å². The van der Waals surface area contributed by atoms with Crippen LogP contribution in [0.4, 0.5) is 0 Å². The summed E-state index contributed by atoms with van der Waals surface area (Å²) in [5, 5.41) is 86.0. The molecule has 31 heteroatoms. The minimum absolute atomic E-state index is 0.0306. The van der Waals surface area contributed by atoms with Crippen molar-refractivity contribution >= 4 is 133 Å². The number of aromatic hydroxyl groups is 2. The van der Waals surface area contributed by atoms with Crippen LogP contribution in [0.25, 0.3) is 0 Å². The van der Waals surface area contributed by atoms with Gasteiger partial charge in [-0.3, -0.25) is 33.3 Å². The van der Waals surface area contributed by atoms with Gasteiger partial charge in [0.25, 0.3) is 0 Å². The highest BCUT2D eigenvalue weighted by Gasteiger charge is 2.65. The van der Waals surface area contributed by atoms with Crippen LogP contribution in [-0.2, 0) is 71.1 Å². The molecular weight excluding hydrogens is 1310 g/mol. The molecule has 0 saturated carbocycles. The molecule has 1 aromatic rings. The van der Waals surface area contributed by atoms with Gasteiger partial charge in [-0.05, 0) is 59.4 Å². The zero-order chi connectivity index (χ0) is 58.9. The topological polar surface area (TPSA) is 334 Å². The maximum Gasteiger partial charge on any atom is 0.500 e. The van der Waals surface area contributed by atoms with Crippen LogP contribution in [0.3, 0.4) is 0 Å². The Labute approximate surface area is 481 Å². The number of aromatic nitrogens is 1. The van der Waals surface area contributed by atoms with E-state index >= 15 is 0 Å². The molecule has 0 fully saturated rings. The third-order valence-corrected chi connectivity index (χ3v) is 33.7. The quantitative estimate of drug-likeness (QED) is 0.0173. The lowest BCUT2D eigenvalue weighted by Crippen LogP contribution is -2.65. The third-order valence-electron chi connectivity index (χ3n) is 14.6. The monoisotopic (exact) mass is 1390 g/mol. The molecule has 22 nitrogen and oxygen atoms in total. The van der Waals surface area contributed by atoms with Gasteiger partial charge < -0.3 is 71.5 Å². The summed E-state index contributed by atoms with van der Waals surface area (Å²) in [6, 6.07) is 0.281. The lowest BCUT2D eigenvalue weighted by molar-refractivity contribution is -0.158. The molecule has 8 N–H and O–H groups in total. The number of carbonyl (C=O) groups is 6. The van der Waals surface area contributed by atoms with Gasteiger partial charge in [-0.25, -0.2) is 0 Å². The van der Waals surface area contributed by atoms with Crippen molar-refractivity contribution in [1.82, 2.24) is 4.57 Å². The number of hydrogen-bond donors (Lipinski definition) is 8. The fourth-order valence-electron chi connectivity index (χ4n) is 11.0. The Morgan fingerprint density at radius 2 is 1.20 bits per heavy atom. The van der Waals surface area contributed by atoms with Crippen molar-refractivity contribution in [2.24, 2.45) is 35.5 Å². The van der Waals surface area contributed by atoms with Gasteiger partial charge in [-0.2, -0.15) is 22.4 Å². The summed E-state index contributed by atoms with van der Waals surface area (Å²) in [6.07, 6.45) is -0.789. The minimum atomic E-state index is -4.79. The molecule has 13 unspecified atom stereocenters. The first-order valence-electron chi connectivity index (χ1n) is 25.0. The van der Waals surface area contributed by atoms with Crippen molar-refractivity contribution in [3.05, 3.63) is 11.1 Å². The standard InChI is InChI=1S/C45H80B2I2NO21P2Si3/c1-14-22-74(68-17-4,30(15-2)32(41(59)60)29(40(57)58)25-45(10,73(46)49)35(43(63)64)27(8)38(53)54)71-76(69-18-5,70-19-6)31(16-3)33(42(61)62)28(39(55)56)24-44(9,72-47-48)34-26(7)36(51)50(37(34)52)21-20-23-75(65-11,66-12)67-13/h27-33,35,51-52,72H,14-25H2,1-13H3,(H,53,54)(H,55,56)(H,57,58)(H,59,60)(H,61,62)(H,63,64). The summed E-state index contributed by atoms with van der Waals surface area (Å²) in [7, 11) is -1.71. The Kier molecular flexibility index (Phi) is 30.8. The average Bonchev–Trinajstić information content (AvgIpc) is 3.55. The number of rotatable bonds is 41. The predicted octanol–water partition coefficient (Wildman–Crippen LogP) is 8.50. The number of aliphatic carboxylic acids is 6. The SMILES string of the molecule is [B]P(I)C(C)(CC(C(=O)O)C(C(=O)O)C(CC)[Si](CCC)(OCC)O[Si](OCC)(OCC)C(CC)C(C(=O)O)C(CC(C)(P[B]I)c1c(C)c(O)n(CCC[Si](OC)(OC)OC)c1O)C(=O)O)C(C(=O)O)C(C)C(=O)O. The van der Waals surface area contributed by atoms with Gasteiger partial charge in [0.1, 0.15) is 7.57 Å². The average molecular weight is 1390 g/mol. The molecule has 0 aliphatic rings. The van der Waals surface area contributed by atoms with E-state index in [-0.39, 0.29) is 83.0 Å². The molecule has 3 radical (unpaired) electrons. The maximum atomic E-state index is 14.1. The summed E-state index contributed by atoms with van der Waals surface area (Å²) in [6.45, 7) is 15.1. The summed E-state index contributed by atoms with van der Waals surface area (Å²) in [4.78, 5) is 82.6. The van der Waals surface area contributed by atoms with Crippen molar-refractivity contribution in [2.45, 2.75) is 148 Å². The van der Waals surface area contributed by atoms with Crippen LogP contribution in [0.15, 0.2) is 0 Å². The Morgan fingerprint density at radius 3 is 1.57 bits per heavy atom. The normalized spacial score (nSPS) is 18.5. The summed E-state index contributed by atoms with van der Waals surface area (Å²) < 4.78 is 45.1. The van der Waals surface area contributed by atoms with E-state index in [4.69, 9.17) is 38.2 Å². The second-order valence-corrected chi connectivity index (χ2v) is 36.8. The summed E-state index contributed by atoms with van der Waals surface area (Å²) in [5.74, 6) is -20.9. The molecule has 0 amide bonds. The van der Waals surface area contributed by atoms with E-state index in [1.165, 1.54) is 32.8 Å². The molecule has 0 aromatic carbocycles. The zero-order valence-electron chi connectivity index (χ0n) is 45.8. The number of halogens is 2. The first kappa shape index (κ1) is 72.5. The van der Waals surface area contributed by atoms with Crippen LogP contribution in [0, 0.1) is 42.4 Å².